The van der Waals surface area contributed by atoms with E-state index in [4.69, 9.17) is 0 Å². The van der Waals surface area contributed by atoms with Crippen LogP contribution in [0, 0.1) is 0 Å². The van der Waals surface area contributed by atoms with Gasteiger partial charge in [-0.1, -0.05) is 18.2 Å². The Morgan fingerprint density at radius 1 is 1.13 bits per heavy atom. The van der Waals surface area contributed by atoms with Gasteiger partial charge in [0.15, 0.2) is 0 Å². The first kappa shape index (κ1) is 16.3. The van der Waals surface area contributed by atoms with E-state index in [1.807, 2.05) is 0 Å². The van der Waals surface area contributed by atoms with Crippen LogP contribution in [0.25, 0.3) is 0 Å². The Labute approximate surface area is 93.1 Å². The molecule has 0 spiro atoms. The molecular weight excluding hydrogens is 190 g/mol. The number of aliphatic carboxylic acids is 1. The molecule has 3 heteroatoms. The Morgan fingerprint density at radius 2 is 1.60 bits per heavy atom. The zero-order valence-electron chi connectivity index (χ0n) is 10.2. The van der Waals surface area contributed by atoms with E-state index in [-0.39, 0.29) is 0 Å². The maximum Gasteiger partial charge on any atom is 0.0742 e. The lowest BCUT2D eigenvalue weighted by Gasteiger charge is -2.10. The summed E-state index contributed by atoms with van der Waals surface area (Å²) < 4.78 is 0. The summed E-state index contributed by atoms with van der Waals surface area (Å²) in [5, 5.41) is 9.64. The van der Waals surface area contributed by atoms with Crippen molar-refractivity contribution in [3.63, 3.8) is 0 Å². The first-order valence-corrected chi connectivity index (χ1v) is 5.46. The van der Waals surface area contributed by atoms with Crippen molar-refractivity contribution >= 4 is 5.97 Å². The molecule has 0 amide bonds. The smallest absolute Gasteiger partial charge is 0.0742 e. The fourth-order valence-electron chi connectivity index (χ4n) is 0.995. The highest BCUT2D eigenvalue weighted by Crippen LogP contribution is 1.72. The summed E-state index contributed by atoms with van der Waals surface area (Å²) in [6, 6.07) is 0. The number of hydrogen-bond acceptors (Lipinski definition) is 2. The van der Waals surface area contributed by atoms with Gasteiger partial charge in [-0.25, -0.2) is 0 Å². The third kappa shape index (κ3) is 15.6. The van der Waals surface area contributed by atoms with Crippen LogP contribution in [0.5, 0.6) is 0 Å². The van der Waals surface area contributed by atoms with Gasteiger partial charge in [0.2, 0.25) is 0 Å². The molecule has 0 atom stereocenters. The molecule has 3 nitrogen and oxygen atoms in total. The van der Waals surface area contributed by atoms with E-state index in [0.717, 1.165) is 6.08 Å². The van der Waals surface area contributed by atoms with Gasteiger partial charge in [0.05, 0.1) is 25.6 Å². The SMILES string of the molecule is C/C=C/C=C/C(=O)[O-].CC[NH+](CC)CC. The van der Waals surface area contributed by atoms with Crippen LogP contribution in [-0.2, 0) is 4.79 Å². The third-order valence-electron chi connectivity index (χ3n) is 2.04. The van der Waals surface area contributed by atoms with Crippen LogP contribution < -0.4 is 10.0 Å². The molecule has 0 saturated carbocycles. The summed E-state index contributed by atoms with van der Waals surface area (Å²) in [5.74, 6) is -1.16. The molecule has 88 valence electrons. The van der Waals surface area contributed by atoms with Gasteiger partial charge in [0.25, 0.3) is 0 Å². The van der Waals surface area contributed by atoms with E-state index in [1.54, 1.807) is 24.0 Å². The molecule has 0 saturated heterocycles. The molecule has 0 heterocycles. The second-order valence-electron chi connectivity index (χ2n) is 3.01. The topological polar surface area (TPSA) is 44.6 Å². The van der Waals surface area contributed by atoms with Crippen molar-refractivity contribution in [2.75, 3.05) is 19.6 Å². The molecule has 0 aromatic carbocycles. The highest BCUT2D eigenvalue weighted by Gasteiger charge is 1.92. The van der Waals surface area contributed by atoms with Crippen LogP contribution in [0.2, 0.25) is 0 Å². The molecule has 0 fully saturated rings. The highest BCUT2D eigenvalue weighted by atomic mass is 16.4. The zero-order chi connectivity index (χ0) is 12.1. The van der Waals surface area contributed by atoms with Crippen LogP contribution in [0.1, 0.15) is 27.7 Å². The van der Waals surface area contributed by atoms with Crippen molar-refractivity contribution in [3.8, 4) is 0 Å². The van der Waals surface area contributed by atoms with Gasteiger partial charge in [0.1, 0.15) is 0 Å². The van der Waals surface area contributed by atoms with Crippen molar-refractivity contribution in [2.24, 2.45) is 0 Å². The molecule has 0 unspecified atom stereocenters. The molecule has 0 aromatic heterocycles. The number of nitrogens with one attached hydrogen (secondary N) is 1. The number of quaternary nitrogens is 1. The molecule has 0 aliphatic rings. The van der Waals surface area contributed by atoms with E-state index in [2.05, 4.69) is 20.8 Å². The van der Waals surface area contributed by atoms with Crippen molar-refractivity contribution in [1.29, 1.82) is 0 Å². The second-order valence-corrected chi connectivity index (χ2v) is 3.01. The van der Waals surface area contributed by atoms with Gasteiger partial charge in [-0.3, -0.25) is 0 Å². The minimum atomic E-state index is -1.16. The molecule has 1 N–H and O–H groups in total. The maximum absolute atomic E-state index is 9.64. The number of carbonyl (C=O) groups is 1. The van der Waals surface area contributed by atoms with E-state index in [0.29, 0.717) is 0 Å². The maximum atomic E-state index is 9.64. The lowest BCUT2D eigenvalue weighted by Crippen LogP contribution is -3.11. The summed E-state index contributed by atoms with van der Waals surface area (Å²) >= 11 is 0. The molecule has 15 heavy (non-hydrogen) atoms. The largest absolute Gasteiger partial charge is 0.545 e. The van der Waals surface area contributed by atoms with Crippen LogP contribution in [0.3, 0.4) is 0 Å². The predicted molar refractivity (Wildman–Crippen MR) is 61.5 cm³/mol. The van der Waals surface area contributed by atoms with Gasteiger partial charge >= 0.3 is 0 Å². The number of allylic oxidation sites excluding steroid dienone is 3. The lowest BCUT2D eigenvalue weighted by molar-refractivity contribution is -0.894. The molecular formula is C12H23NO2. The Bertz CT molecular complexity index is 188. The Morgan fingerprint density at radius 3 is 1.80 bits per heavy atom. The van der Waals surface area contributed by atoms with Crippen molar-refractivity contribution in [3.05, 3.63) is 24.3 Å². The number of carbonyl (C=O) groups excluding carboxylic acids is 1. The summed E-state index contributed by atoms with van der Waals surface area (Å²) in [6.07, 6.45) is 5.74. The van der Waals surface area contributed by atoms with Crippen molar-refractivity contribution in [1.82, 2.24) is 0 Å². The second kappa shape index (κ2) is 12.9. The van der Waals surface area contributed by atoms with Gasteiger partial charge in [0, 0.05) is 0 Å². The van der Waals surface area contributed by atoms with Gasteiger partial charge in [-0.05, 0) is 33.8 Å². The fraction of sp³-hybridized carbons (Fsp3) is 0.583. The zero-order valence-corrected chi connectivity index (χ0v) is 10.2. The van der Waals surface area contributed by atoms with Crippen molar-refractivity contribution < 1.29 is 14.8 Å². The highest BCUT2D eigenvalue weighted by molar-refractivity contribution is 5.77. The number of hydrogen-bond donors (Lipinski definition) is 1. The molecule has 0 radical (unpaired) electrons. The quantitative estimate of drug-likeness (QED) is 0.508. The van der Waals surface area contributed by atoms with Crippen molar-refractivity contribution in [2.45, 2.75) is 27.7 Å². The molecule has 0 aromatic rings. The van der Waals surface area contributed by atoms with Gasteiger partial charge < -0.3 is 14.8 Å². The van der Waals surface area contributed by atoms with Crippen LogP contribution in [-0.4, -0.2) is 25.6 Å². The normalized spacial score (nSPS) is 10.7. The third-order valence-corrected chi connectivity index (χ3v) is 2.04. The minimum absolute atomic E-state index is 0.972. The monoisotopic (exact) mass is 213 g/mol. The molecule has 0 bridgehead atoms. The van der Waals surface area contributed by atoms with E-state index in [9.17, 15) is 9.90 Å². The first-order chi connectivity index (χ1) is 7.12. The predicted octanol–water partition coefficient (Wildman–Crippen LogP) is -0.200. The van der Waals surface area contributed by atoms with E-state index >= 15 is 0 Å². The summed E-state index contributed by atoms with van der Waals surface area (Å²) in [7, 11) is 0. The van der Waals surface area contributed by atoms with E-state index < -0.39 is 5.97 Å². The van der Waals surface area contributed by atoms with E-state index in [1.165, 1.54) is 25.7 Å². The Kier molecular flexibility index (Phi) is 14.1. The standard InChI is InChI=1S/C6H15N.C6H8O2/c1-4-7(5-2)6-3;1-2-3-4-5-6(7)8/h4-6H2,1-3H3;2-5H,1H3,(H,7,8)/b;3-2+,5-4+. The number of carboxylic acids is 1. The summed E-state index contributed by atoms with van der Waals surface area (Å²) in [5.41, 5.74) is 0. The molecule has 0 aliphatic heterocycles. The number of rotatable bonds is 5. The van der Waals surface area contributed by atoms with Gasteiger partial charge in [-0.15, -0.1) is 0 Å². The summed E-state index contributed by atoms with van der Waals surface area (Å²) in [4.78, 5) is 11.3. The van der Waals surface area contributed by atoms with Gasteiger partial charge in [-0.2, -0.15) is 0 Å². The number of carboxylic acid groups (broad SMARTS) is 1. The Hall–Kier alpha value is -1.09. The molecule has 0 aliphatic carbocycles. The Balaban J connectivity index is 0. The summed E-state index contributed by atoms with van der Waals surface area (Å²) in [6.45, 7) is 12.3. The van der Waals surface area contributed by atoms with Crippen LogP contribution in [0.15, 0.2) is 24.3 Å². The lowest BCUT2D eigenvalue weighted by atomic mass is 10.4. The average molecular weight is 213 g/mol. The van der Waals surface area contributed by atoms with Crippen LogP contribution >= 0.6 is 0 Å². The molecule has 0 rings (SSSR count). The average Bonchev–Trinajstić information content (AvgIpc) is 2.21. The first-order valence-electron chi connectivity index (χ1n) is 5.46. The fourth-order valence-corrected chi connectivity index (χ4v) is 0.995. The minimum Gasteiger partial charge on any atom is -0.545 e. The van der Waals surface area contributed by atoms with Crippen LogP contribution in [0.4, 0.5) is 0 Å².